The number of benzene rings is 1. The van der Waals surface area contributed by atoms with E-state index in [1.54, 1.807) is 0 Å². The molecule has 1 amide bonds. The number of nitrogens with zero attached hydrogens (tertiary/aromatic N) is 3. The van der Waals surface area contributed by atoms with Crippen LogP contribution in [0.2, 0.25) is 0 Å². The fraction of sp³-hybridized carbons (Fsp3) is 0.353. The Morgan fingerprint density at radius 1 is 1.25 bits per heavy atom. The average Bonchev–Trinajstić information content (AvgIpc) is 2.67. The van der Waals surface area contributed by atoms with Crippen molar-refractivity contribution in [3.8, 4) is 0 Å². The summed E-state index contributed by atoms with van der Waals surface area (Å²) in [6.45, 7) is 3.33. The average molecular weight is 327 g/mol. The van der Waals surface area contributed by atoms with Gasteiger partial charge in [-0.05, 0) is 5.56 Å². The number of ether oxygens (including phenoxy) is 1. The molecule has 7 heteroatoms. The highest BCUT2D eigenvalue weighted by molar-refractivity contribution is 5.82. The van der Waals surface area contributed by atoms with Gasteiger partial charge in [-0.1, -0.05) is 30.3 Å². The van der Waals surface area contributed by atoms with Crippen molar-refractivity contribution in [1.82, 2.24) is 15.3 Å². The molecule has 1 fully saturated rings. The SMILES string of the molecule is N[C@@H](C(=O)NCc1cc(N2CCOCC2)ncn1)c1ccccc1. The molecular formula is C17H21N5O2. The van der Waals surface area contributed by atoms with Gasteiger partial charge in [-0.2, -0.15) is 0 Å². The summed E-state index contributed by atoms with van der Waals surface area (Å²) in [4.78, 5) is 22.9. The summed E-state index contributed by atoms with van der Waals surface area (Å²) in [5, 5.41) is 2.83. The molecule has 7 nitrogen and oxygen atoms in total. The number of morpholine rings is 1. The first kappa shape index (κ1) is 16.4. The maximum absolute atomic E-state index is 12.2. The van der Waals surface area contributed by atoms with E-state index in [2.05, 4.69) is 20.2 Å². The van der Waals surface area contributed by atoms with Gasteiger partial charge in [0.05, 0.1) is 25.5 Å². The third kappa shape index (κ3) is 4.06. The molecule has 1 atom stereocenters. The van der Waals surface area contributed by atoms with Crippen molar-refractivity contribution in [1.29, 1.82) is 0 Å². The second-order valence-electron chi connectivity index (χ2n) is 5.57. The summed E-state index contributed by atoms with van der Waals surface area (Å²) in [5.41, 5.74) is 7.52. The van der Waals surface area contributed by atoms with Gasteiger partial charge in [-0.3, -0.25) is 4.79 Å². The zero-order chi connectivity index (χ0) is 16.8. The Hall–Kier alpha value is -2.51. The molecule has 1 aromatic heterocycles. The first-order valence-electron chi connectivity index (χ1n) is 7.96. The molecule has 3 N–H and O–H groups in total. The van der Waals surface area contributed by atoms with Crippen molar-refractivity contribution in [2.24, 2.45) is 5.73 Å². The van der Waals surface area contributed by atoms with Crippen molar-refractivity contribution < 1.29 is 9.53 Å². The Balaban J connectivity index is 1.59. The molecule has 0 unspecified atom stereocenters. The van der Waals surface area contributed by atoms with Crippen LogP contribution in [0.15, 0.2) is 42.7 Å². The molecular weight excluding hydrogens is 306 g/mol. The van der Waals surface area contributed by atoms with E-state index in [9.17, 15) is 4.79 Å². The Morgan fingerprint density at radius 2 is 2.00 bits per heavy atom. The highest BCUT2D eigenvalue weighted by atomic mass is 16.5. The van der Waals surface area contributed by atoms with Crippen LogP contribution >= 0.6 is 0 Å². The van der Waals surface area contributed by atoms with Crippen molar-refractivity contribution >= 4 is 11.7 Å². The van der Waals surface area contributed by atoms with Gasteiger partial charge < -0.3 is 20.7 Å². The first-order chi connectivity index (χ1) is 11.7. The number of hydrogen-bond acceptors (Lipinski definition) is 6. The summed E-state index contributed by atoms with van der Waals surface area (Å²) < 4.78 is 5.34. The number of rotatable bonds is 5. The van der Waals surface area contributed by atoms with Crippen LogP contribution < -0.4 is 16.0 Å². The standard InChI is InChI=1S/C17H21N5O2/c18-16(13-4-2-1-3-5-13)17(23)19-11-14-10-15(21-12-20-14)22-6-8-24-9-7-22/h1-5,10,12,16H,6-9,11,18H2,(H,19,23)/t16-/m1/s1. The molecule has 1 saturated heterocycles. The van der Waals surface area contributed by atoms with Crippen molar-refractivity contribution in [3.63, 3.8) is 0 Å². The number of amides is 1. The number of carbonyl (C=O) groups excluding carboxylic acids is 1. The highest BCUT2D eigenvalue weighted by Crippen LogP contribution is 2.13. The van der Waals surface area contributed by atoms with Gasteiger partial charge in [0.2, 0.25) is 5.91 Å². The second-order valence-corrected chi connectivity index (χ2v) is 5.57. The monoisotopic (exact) mass is 327 g/mol. The van der Waals surface area contributed by atoms with Gasteiger partial charge >= 0.3 is 0 Å². The number of nitrogens with two attached hydrogens (primary N) is 1. The van der Waals surface area contributed by atoms with Crippen molar-refractivity contribution in [3.05, 3.63) is 54.0 Å². The van der Waals surface area contributed by atoms with Gasteiger partial charge in [0.1, 0.15) is 18.2 Å². The zero-order valence-corrected chi connectivity index (χ0v) is 13.4. The Kier molecular flexibility index (Phi) is 5.35. The van der Waals surface area contributed by atoms with Crippen LogP contribution in [0, 0.1) is 0 Å². The molecule has 3 rings (SSSR count). The maximum atomic E-state index is 12.2. The lowest BCUT2D eigenvalue weighted by molar-refractivity contribution is -0.122. The van der Waals surface area contributed by atoms with Gasteiger partial charge in [0.25, 0.3) is 0 Å². The minimum absolute atomic E-state index is 0.229. The predicted octanol–water partition coefficient (Wildman–Crippen LogP) is 0.629. The molecule has 1 aromatic carbocycles. The third-order valence-corrected chi connectivity index (χ3v) is 3.93. The lowest BCUT2D eigenvalue weighted by atomic mass is 10.1. The molecule has 0 radical (unpaired) electrons. The first-order valence-corrected chi connectivity index (χ1v) is 7.96. The van der Waals surface area contributed by atoms with Crippen LogP contribution in [0.25, 0.3) is 0 Å². The molecule has 1 aliphatic heterocycles. The van der Waals surface area contributed by atoms with Gasteiger partial charge in [0, 0.05) is 19.2 Å². The highest BCUT2D eigenvalue weighted by Gasteiger charge is 2.16. The van der Waals surface area contributed by atoms with E-state index in [4.69, 9.17) is 10.5 Å². The number of carbonyl (C=O) groups is 1. The third-order valence-electron chi connectivity index (χ3n) is 3.93. The number of anilines is 1. The van der Waals surface area contributed by atoms with E-state index in [1.807, 2.05) is 36.4 Å². The van der Waals surface area contributed by atoms with E-state index in [-0.39, 0.29) is 5.91 Å². The molecule has 2 heterocycles. The van der Waals surface area contributed by atoms with E-state index in [0.29, 0.717) is 19.8 Å². The van der Waals surface area contributed by atoms with E-state index in [0.717, 1.165) is 30.2 Å². The molecule has 126 valence electrons. The lowest BCUT2D eigenvalue weighted by Gasteiger charge is -2.27. The second kappa shape index (κ2) is 7.85. The Bertz CT molecular complexity index is 674. The van der Waals surface area contributed by atoms with Crippen molar-refractivity contribution in [2.75, 3.05) is 31.2 Å². The Labute approximate surface area is 140 Å². The molecule has 1 aliphatic rings. The molecule has 0 bridgehead atoms. The van der Waals surface area contributed by atoms with Gasteiger partial charge in [-0.15, -0.1) is 0 Å². The molecule has 24 heavy (non-hydrogen) atoms. The quantitative estimate of drug-likeness (QED) is 0.837. The topological polar surface area (TPSA) is 93.4 Å². The Morgan fingerprint density at radius 3 is 2.75 bits per heavy atom. The number of hydrogen-bond donors (Lipinski definition) is 2. The number of aromatic nitrogens is 2. The van der Waals surface area contributed by atoms with Gasteiger partial charge in [0.15, 0.2) is 0 Å². The van der Waals surface area contributed by atoms with E-state index in [1.165, 1.54) is 6.33 Å². The zero-order valence-electron chi connectivity index (χ0n) is 13.4. The largest absolute Gasteiger partial charge is 0.378 e. The maximum Gasteiger partial charge on any atom is 0.241 e. The fourth-order valence-electron chi connectivity index (χ4n) is 2.55. The van der Waals surface area contributed by atoms with Crippen LogP contribution in [0.1, 0.15) is 17.3 Å². The van der Waals surface area contributed by atoms with E-state index >= 15 is 0 Å². The van der Waals surface area contributed by atoms with Gasteiger partial charge in [-0.25, -0.2) is 9.97 Å². The summed E-state index contributed by atoms with van der Waals surface area (Å²) >= 11 is 0. The smallest absolute Gasteiger partial charge is 0.241 e. The van der Waals surface area contributed by atoms with Crippen LogP contribution in [0.3, 0.4) is 0 Å². The molecule has 0 spiro atoms. The lowest BCUT2D eigenvalue weighted by Crippen LogP contribution is -2.37. The van der Waals surface area contributed by atoms with Crippen molar-refractivity contribution in [2.45, 2.75) is 12.6 Å². The molecule has 0 aliphatic carbocycles. The summed E-state index contributed by atoms with van der Waals surface area (Å²) in [6, 6.07) is 10.5. The normalized spacial score (nSPS) is 15.8. The summed E-state index contributed by atoms with van der Waals surface area (Å²) in [7, 11) is 0. The number of nitrogens with one attached hydrogen (secondary N) is 1. The predicted molar refractivity (Wildman–Crippen MR) is 90.3 cm³/mol. The van der Waals surface area contributed by atoms with Crippen LogP contribution in [-0.4, -0.2) is 42.2 Å². The van der Waals surface area contributed by atoms with Crippen LogP contribution in [0.4, 0.5) is 5.82 Å². The van der Waals surface area contributed by atoms with E-state index < -0.39 is 6.04 Å². The van der Waals surface area contributed by atoms with Crippen LogP contribution in [0.5, 0.6) is 0 Å². The summed E-state index contributed by atoms with van der Waals surface area (Å²) in [6.07, 6.45) is 1.52. The minimum atomic E-state index is -0.688. The molecule has 2 aromatic rings. The minimum Gasteiger partial charge on any atom is -0.378 e. The van der Waals surface area contributed by atoms with Crippen LogP contribution in [-0.2, 0) is 16.1 Å². The summed E-state index contributed by atoms with van der Waals surface area (Å²) in [5.74, 6) is 0.623. The molecule has 0 saturated carbocycles. The fourth-order valence-corrected chi connectivity index (χ4v) is 2.55.